The number of benzene rings is 1. The van der Waals surface area contributed by atoms with E-state index in [2.05, 4.69) is 43.9 Å². The summed E-state index contributed by atoms with van der Waals surface area (Å²) in [4.78, 5) is 2.41. The SMILES string of the molecule is CCCN(CCC)c1ccc(CC)c(N)c1. The largest absolute Gasteiger partial charge is 0.398 e. The van der Waals surface area contributed by atoms with Crippen molar-refractivity contribution in [2.45, 2.75) is 40.0 Å². The number of nitrogen functional groups attached to an aromatic ring is 1. The van der Waals surface area contributed by atoms with Crippen LogP contribution < -0.4 is 10.6 Å². The molecule has 1 aromatic carbocycles. The van der Waals surface area contributed by atoms with Crippen LogP contribution in [0.4, 0.5) is 11.4 Å². The second kappa shape index (κ2) is 6.41. The van der Waals surface area contributed by atoms with Crippen LogP contribution in [0.25, 0.3) is 0 Å². The van der Waals surface area contributed by atoms with Gasteiger partial charge in [-0.15, -0.1) is 0 Å². The third-order valence-corrected chi connectivity index (χ3v) is 2.86. The van der Waals surface area contributed by atoms with Gasteiger partial charge < -0.3 is 10.6 Å². The third kappa shape index (κ3) is 3.16. The van der Waals surface area contributed by atoms with E-state index < -0.39 is 0 Å². The second-order valence-electron chi connectivity index (χ2n) is 4.22. The highest BCUT2D eigenvalue weighted by atomic mass is 15.1. The highest BCUT2D eigenvalue weighted by Gasteiger charge is 2.06. The Bertz CT molecular complexity index is 315. The summed E-state index contributed by atoms with van der Waals surface area (Å²) in [6.45, 7) is 8.79. The molecule has 0 aromatic heterocycles. The van der Waals surface area contributed by atoms with Crippen LogP contribution in [0, 0.1) is 0 Å². The van der Waals surface area contributed by atoms with Crippen molar-refractivity contribution in [1.82, 2.24) is 0 Å². The molecule has 0 atom stereocenters. The molecule has 2 heteroatoms. The van der Waals surface area contributed by atoms with E-state index in [1.807, 2.05) is 0 Å². The zero-order valence-corrected chi connectivity index (χ0v) is 10.8. The summed E-state index contributed by atoms with van der Waals surface area (Å²) < 4.78 is 0. The first-order valence-corrected chi connectivity index (χ1v) is 6.36. The minimum Gasteiger partial charge on any atom is -0.398 e. The molecule has 2 nitrogen and oxygen atoms in total. The average Bonchev–Trinajstić information content (AvgIpc) is 2.28. The van der Waals surface area contributed by atoms with Gasteiger partial charge in [-0.3, -0.25) is 0 Å². The molecule has 0 fully saturated rings. The summed E-state index contributed by atoms with van der Waals surface area (Å²) in [5.41, 5.74) is 9.47. The van der Waals surface area contributed by atoms with Gasteiger partial charge in [0.2, 0.25) is 0 Å². The zero-order valence-electron chi connectivity index (χ0n) is 10.8. The van der Waals surface area contributed by atoms with Gasteiger partial charge in [0, 0.05) is 24.5 Å². The normalized spacial score (nSPS) is 10.4. The Morgan fingerprint density at radius 1 is 1.06 bits per heavy atom. The van der Waals surface area contributed by atoms with E-state index in [0.717, 1.165) is 25.2 Å². The number of hydrogen-bond donors (Lipinski definition) is 1. The Balaban J connectivity index is 2.87. The van der Waals surface area contributed by atoms with Gasteiger partial charge in [0.1, 0.15) is 0 Å². The quantitative estimate of drug-likeness (QED) is 0.744. The lowest BCUT2D eigenvalue weighted by Crippen LogP contribution is -2.24. The van der Waals surface area contributed by atoms with Gasteiger partial charge >= 0.3 is 0 Å². The number of hydrogen-bond acceptors (Lipinski definition) is 2. The molecule has 0 saturated heterocycles. The first-order chi connectivity index (χ1) is 7.72. The lowest BCUT2D eigenvalue weighted by molar-refractivity contribution is 0.745. The maximum absolute atomic E-state index is 6.04. The fourth-order valence-corrected chi connectivity index (χ4v) is 2.01. The molecule has 0 aliphatic heterocycles. The molecule has 0 aliphatic carbocycles. The summed E-state index contributed by atoms with van der Waals surface area (Å²) in [5.74, 6) is 0. The van der Waals surface area contributed by atoms with Gasteiger partial charge in [0.25, 0.3) is 0 Å². The molecular formula is C14H24N2. The van der Waals surface area contributed by atoms with Gasteiger partial charge in [-0.2, -0.15) is 0 Å². The van der Waals surface area contributed by atoms with E-state index in [9.17, 15) is 0 Å². The minimum atomic E-state index is 0.928. The molecule has 0 heterocycles. The van der Waals surface area contributed by atoms with Crippen molar-refractivity contribution in [3.63, 3.8) is 0 Å². The van der Waals surface area contributed by atoms with Gasteiger partial charge in [-0.05, 0) is 37.0 Å². The molecule has 0 bridgehead atoms. The van der Waals surface area contributed by atoms with Gasteiger partial charge in [-0.1, -0.05) is 26.8 Å². The van der Waals surface area contributed by atoms with Gasteiger partial charge in [0.15, 0.2) is 0 Å². The molecule has 0 amide bonds. The van der Waals surface area contributed by atoms with Crippen LogP contribution in [0.5, 0.6) is 0 Å². The van der Waals surface area contributed by atoms with Crippen molar-refractivity contribution >= 4 is 11.4 Å². The zero-order chi connectivity index (χ0) is 12.0. The smallest absolute Gasteiger partial charge is 0.0387 e. The Kier molecular flexibility index (Phi) is 5.17. The predicted octanol–water partition coefficient (Wildman–Crippen LogP) is 3.46. The topological polar surface area (TPSA) is 29.3 Å². The molecule has 16 heavy (non-hydrogen) atoms. The number of anilines is 2. The van der Waals surface area contributed by atoms with E-state index in [4.69, 9.17) is 5.73 Å². The fourth-order valence-electron chi connectivity index (χ4n) is 2.01. The lowest BCUT2D eigenvalue weighted by atomic mass is 10.1. The second-order valence-corrected chi connectivity index (χ2v) is 4.22. The maximum atomic E-state index is 6.04. The van der Waals surface area contributed by atoms with Crippen LogP contribution in [-0.4, -0.2) is 13.1 Å². The Morgan fingerprint density at radius 2 is 1.69 bits per heavy atom. The number of nitrogens with two attached hydrogens (primary N) is 1. The molecule has 1 rings (SSSR count). The summed E-state index contributed by atoms with van der Waals surface area (Å²) >= 11 is 0. The monoisotopic (exact) mass is 220 g/mol. The summed E-state index contributed by atoms with van der Waals surface area (Å²) in [6.07, 6.45) is 3.36. The van der Waals surface area contributed by atoms with E-state index in [1.165, 1.54) is 24.1 Å². The van der Waals surface area contributed by atoms with E-state index in [1.54, 1.807) is 0 Å². The number of aryl methyl sites for hydroxylation is 1. The number of rotatable bonds is 6. The van der Waals surface area contributed by atoms with Crippen molar-refractivity contribution < 1.29 is 0 Å². The van der Waals surface area contributed by atoms with Crippen molar-refractivity contribution in [2.75, 3.05) is 23.7 Å². The first kappa shape index (κ1) is 12.9. The van der Waals surface area contributed by atoms with E-state index in [0.29, 0.717) is 0 Å². The summed E-state index contributed by atoms with van der Waals surface area (Å²) in [6, 6.07) is 6.47. The van der Waals surface area contributed by atoms with Crippen LogP contribution in [0.2, 0.25) is 0 Å². The summed E-state index contributed by atoms with van der Waals surface area (Å²) in [5, 5.41) is 0. The highest BCUT2D eigenvalue weighted by Crippen LogP contribution is 2.22. The molecular weight excluding hydrogens is 196 g/mol. The van der Waals surface area contributed by atoms with Crippen LogP contribution in [0.3, 0.4) is 0 Å². The Hall–Kier alpha value is -1.18. The molecule has 0 saturated carbocycles. The first-order valence-electron chi connectivity index (χ1n) is 6.36. The van der Waals surface area contributed by atoms with Gasteiger partial charge in [-0.25, -0.2) is 0 Å². The van der Waals surface area contributed by atoms with E-state index in [-0.39, 0.29) is 0 Å². The fraction of sp³-hybridized carbons (Fsp3) is 0.571. The van der Waals surface area contributed by atoms with Crippen LogP contribution in [0.15, 0.2) is 18.2 Å². The van der Waals surface area contributed by atoms with Crippen molar-refractivity contribution in [3.05, 3.63) is 23.8 Å². The molecule has 1 aromatic rings. The molecule has 90 valence electrons. The molecule has 0 aliphatic rings. The Labute approximate surface area is 99.5 Å². The lowest BCUT2D eigenvalue weighted by Gasteiger charge is -2.24. The van der Waals surface area contributed by atoms with Crippen LogP contribution in [0.1, 0.15) is 39.2 Å². The number of nitrogens with zero attached hydrogens (tertiary/aromatic N) is 1. The standard InChI is InChI=1S/C14H24N2/c1-4-9-16(10-5-2)13-8-7-12(6-3)14(15)11-13/h7-8,11H,4-6,9-10,15H2,1-3H3. The third-order valence-electron chi connectivity index (χ3n) is 2.86. The molecule has 0 radical (unpaired) electrons. The molecule has 2 N–H and O–H groups in total. The average molecular weight is 220 g/mol. The minimum absolute atomic E-state index is 0.928. The van der Waals surface area contributed by atoms with Crippen molar-refractivity contribution in [1.29, 1.82) is 0 Å². The van der Waals surface area contributed by atoms with Crippen molar-refractivity contribution in [3.8, 4) is 0 Å². The van der Waals surface area contributed by atoms with Crippen molar-refractivity contribution in [2.24, 2.45) is 0 Å². The highest BCUT2D eigenvalue weighted by molar-refractivity contribution is 5.60. The molecule has 0 spiro atoms. The van der Waals surface area contributed by atoms with E-state index >= 15 is 0 Å². The van der Waals surface area contributed by atoms with Crippen LogP contribution in [-0.2, 0) is 6.42 Å². The van der Waals surface area contributed by atoms with Gasteiger partial charge in [0.05, 0.1) is 0 Å². The summed E-state index contributed by atoms with van der Waals surface area (Å²) in [7, 11) is 0. The maximum Gasteiger partial charge on any atom is 0.0387 e. The van der Waals surface area contributed by atoms with Crippen LogP contribution >= 0.6 is 0 Å². The predicted molar refractivity (Wildman–Crippen MR) is 73.0 cm³/mol. The Morgan fingerprint density at radius 3 is 2.12 bits per heavy atom. The molecule has 0 unspecified atom stereocenters.